The minimum absolute atomic E-state index is 0.00454. The summed E-state index contributed by atoms with van der Waals surface area (Å²) in [6.07, 6.45) is 1.28. The number of aliphatic imine (C=N–C) groups is 2. The average molecular weight is 320 g/mol. The van der Waals surface area contributed by atoms with Gasteiger partial charge in [0.15, 0.2) is 0 Å². The van der Waals surface area contributed by atoms with Crippen LogP contribution in [-0.2, 0) is 19.2 Å². The number of amides is 4. The third kappa shape index (κ3) is 3.97. The maximum absolute atomic E-state index is 12.4. The van der Waals surface area contributed by atoms with Crippen molar-refractivity contribution in [3.8, 4) is 0 Å². The summed E-state index contributed by atoms with van der Waals surface area (Å²) in [5.74, 6) is -2.27. The van der Waals surface area contributed by atoms with Crippen LogP contribution in [0.4, 0.5) is 0 Å². The van der Waals surface area contributed by atoms with Crippen LogP contribution in [0.3, 0.4) is 0 Å². The Labute approximate surface area is 134 Å². The van der Waals surface area contributed by atoms with E-state index in [9.17, 15) is 19.2 Å². The van der Waals surface area contributed by atoms with Crippen LogP contribution in [0.1, 0.15) is 33.1 Å². The molecule has 1 atom stereocenters. The highest BCUT2D eigenvalue weighted by Gasteiger charge is 2.43. The summed E-state index contributed by atoms with van der Waals surface area (Å²) in [4.78, 5) is 55.8. The second-order valence-electron chi connectivity index (χ2n) is 4.67. The van der Waals surface area contributed by atoms with E-state index in [2.05, 4.69) is 21.9 Å². The van der Waals surface area contributed by atoms with Gasteiger partial charge in [0.2, 0.25) is 17.7 Å². The summed E-state index contributed by atoms with van der Waals surface area (Å²) < 4.78 is 0. The number of likely N-dealkylation sites (tertiary alicyclic amines) is 1. The van der Waals surface area contributed by atoms with Gasteiger partial charge >= 0.3 is 0 Å². The summed E-state index contributed by atoms with van der Waals surface area (Å²) in [5.41, 5.74) is 0.290. The van der Waals surface area contributed by atoms with Gasteiger partial charge in [-0.25, -0.2) is 4.99 Å². The van der Waals surface area contributed by atoms with Gasteiger partial charge in [-0.1, -0.05) is 20.4 Å². The van der Waals surface area contributed by atoms with Crippen LogP contribution in [0.15, 0.2) is 22.1 Å². The van der Waals surface area contributed by atoms with E-state index in [4.69, 9.17) is 0 Å². The predicted molar refractivity (Wildman–Crippen MR) is 85.0 cm³/mol. The van der Waals surface area contributed by atoms with E-state index in [1.807, 2.05) is 13.8 Å². The fourth-order valence-corrected chi connectivity index (χ4v) is 2.24. The molecule has 0 aliphatic carbocycles. The molecule has 2 rings (SSSR count). The molecule has 2 fully saturated rings. The molecule has 0 radical (unpaired) electrons. The number of carbonyl (C=O) groups excluding carboxylic acids is 4. The molecule has 0 aromatic carbocycles. The van der Waals surface area contributed by atoms with Crippen molar-refractivity contribution in [1.82, 2.24) is 10.2 Å². The number of piperidine rings is 2. The van der Waals surface area contributed by atoms with Crippen molar-refractivity contribution in [1.29, 1.82) is 0 Å². The molecule has 2 heterocycles. The topological polar surface area (TPSA) is 108 Å². The van der Waals surface area contributed by atoms with Crippen molar-refractivity contribution in [3.63, 3.8) is 0 Å². The summed E-state index contributed by atoms with van der Waals surface area (Å²) in [6.45, 7) is 7.64. The third-order valence-corrected chi connectivity index (χ3v) is 3.21. The normalized spacial score (nSPS) is 24.0. The molecule has 0 aromatic rings. The molecule has 0 saturated carbocycles. The quantitative estimate of drug-likeness (QED) is 0.446. The molecule has 23 heavy (non-hydrogen) atoms. The summed E-state index contributed by atoms with van der Waals surface area (Å²) in [6, 6.07) is -0.987. The highest BCUT2D eigenvalue weighted by Crippen LogP contribution is 2.21. The second kappa shape index (κ2) is 8.11. The summed E-state index contributed by atoms with van der Waals surface area (Å²) >= 11 is 0. The fourth-order valence-electron chi connectivity index (χ4n) is 2.24. The van der Waals surface area contributed by atoms with Crippen molar-refractivity contribution in [3.05, 3.63) is 12.2 Å². The zero-order chi connectivity index (χ0) is 17.6. The van der Waals surface area contributed by atoms with Gasteiger partial charge in [-0.3, -0.25) is 34.4 Å². The molecule has 4 amide bonds. The molecule has 0 spiro atoms. The highest BCUT2D eigenvalue weighted by molar-refractivity contribution is 6.50. The highest BCUT2D eigenvalue weighted by atomic mass is 16.2. The molecule has 0 aromatic heterocycles. The smallest absolute Gasteiger partial charge is 0.280 e. The average Bonchev–Trinajstić information content (AvgIpc) is 2.51. The molecule has 2 aliphatic rings. The lowest BCUT2D eigenvalue weighted by Gasteiger charge is -2.34. The van der Waals surface area contributed by atoms with E-state index in [0.717, 1.165) is 4.90 Å². The van der Waals surface area contributed by atoms with Gasteiger partial charge in [0.05, 0.1) is 6.42 Å². The van der Waals surface area contributed by atoms with Crippen LogP contribution in [0.2, 0.25) is 0 Å². The Morgan fingerprint density at radius 2 is 1.91 bits per heavy atom. The number of imide groups is 2. The Bertz CT molecular complexity index is 607. The Morgan fingerprint density at radius 3 is 2.48 bits per heavy atom. The van der Waals surface area contributed by atoms with Gasteiger partial charge in [-0.2, -0.15) is 0 Å². The van der Waals surface area contributed by atoms with Gasteiger partial charge in [-0.15, -0.1) is 0 Å². The van der Waals surface area contributed by atoms with Crippen molar-refractivity contribution in [2.24, 2.45) is 9.98 Å². The van der Waals surface area contributed by atoms with Crippen LogP contribution in [0, 0.1) is 0 Å². The van der Waals surface area contributed by atoms with E-state index in [1.54, 1.807) is 0 Å². The van der Waals surface area contributed by atoms with Crippen molar-refractivity contribution < 1.29 is 19.2 Å². The van der Waals surface area contributed by atoms with Gasteiger partial charge in [0.1, 0.15) is 18.1 Å². The van der Waals surface area contributed by atoms with Crippen LogP contribution in [0.5, 0.6) is 0 Å². The minimum atomic E-state index is -0.987. The van der Waals surface area contributed by atoms with Crippen LogP contribution in [0.25, 0.3) is 0 Å². The first-order chi connectivity index (χ1) is 11.0. The molecule has 2 aliphatic heterocycles. The molecule has 0 bridgehead atoms. The van der Waals surface area contributed by atoms with Gasteiger partial charge < -0.3 is 0 Å². The molecular formula is C15H20N4O4. The lowest BCUT2D eigenvalue weighted by atomic mass is 9.96. The maximum Gasteiger partial charge on any atom is 0.280 e. The minimum Gasteiger partial charge on any atom is -0.295 e. The van der Waals surface area contributed by atoms with Gasteiger partial charge in [0.25, 0.3) is 5.91 Å². The van der Waals surface area contributed by atoms with Crippen LogP contribution < -0.4 is 5.32 Å². The fraction of sp³-hybridized carbons (Fsp3) is 0.467. The molecule has 1 unspecified atom stereocenters. The molecule has 1 N–H and O–H groups in total. The van der Waals surface area contributed by atoms with E-state index in [-0.39, 0.29) is 30.5 Å². The number of nitrogens with one attached hydrogen (secondary N) is 1. The van der Waals surface area contributed by atoms with Crippen LogP contribution in [-0.4, -0.2) is 53.7 Å². The first-order valence-electron chi connectivity index (χ1n) is 7.32. The molecular weight excluding hydrogens is 300 g/mol. The number of hydrogen-bond donors (Lipinski definition) is 1. The summed E-state index contributed by atoms with van der Waals surface area (Å²) in [5, 5.41) is 2.12. The Kier molecular flexibility index (Phi) is 6.49. The number of rotatable bonds is 2. The van der Waals surface area contributed by atoms with E-state index >= 15 is 0 Å². The lowest BCUT2D eigenvalue weighted by molar-refractivity contribution is -0.152. The Hall–Kier alpha value is -2.64. The second-order valence-corrected chi connectivity index (χ2v) is 4.67. The van der Waals surface area contributed by atoms with Crippen molar-refractivity contribution in [2.45, 2.75) is 39.2 Å². The zero-order valence-electron chi connectivity index (χ0n) is 13.5. The van der Waals surface area contributed by atoms with Crippen molar-refractivity contribution in [2.75, 3.05) is 7.05 Å². The van der Waals surface area contributed by atoms with E-state index in [0.29, 0.717) is 0 Å². The molecule has 2 saturated heterocycles. The van der Waals surface area contributed by atoms with Crippen molar-refractivity contribution >= 4 is 35.7 Å². The maximum atomic E-state index is 12.4. The zero-order valence-corrected chi connectivity index (χ0v) is 13.5. The van der Waals surface area contributed by atoms with Gasteiger partial charge in [-0.05, 0) is 12.0 Å². The van der Waals surface area contributed by atoms with E-state index in [1.165, 1.54) is 13.4 Å². The first kappa shape index (κ1) is 18.4. The predicted octanol–water partition coefficient (Wildman–Crippen LogP) is 0.232. The standard InChI is InChI=1S/C13H14N4O4.C2H6/c1-7-5-10(19)17(13(21)11(7)15-6-14-2)8-3-4-9(18)16-12(8)20;1-2/h6,8H,1,3-5H2,2H3,(H,16,18,20);1-2H3. The third-order valence-electron chi connectivity index (χ3n) is 3.21. The largest absolute Gasteiger partial charge is 0.295 e. The molecule has 8 heteroatoms. The SMILES string of the molecule is C=C1CC(=O)N(C2CCC(=O)NC2=O)C(=O)C1=NC=NC.CC. The monoisotopic (exact) mass is 320 g/mol. The Morgan fingerprint density at radius 1 is 1.26 bits per heavy atom. The summed E-state index contributed by atoms with van der Waals surface area (Å²) in [7, 11) is 1.49. The first-order valence-corrected chi connectivity index (χ1v) is 7.32. The number of hydrogen-bond acceptors (Lipinski definition) is 5. The molecule has 124 valence electrons. The molecule has 8 nitrogen and oxygen atoms in total. The van der Waals surface area contributed by atoms with E-state index < -0.39 is 29.7 Å². The Balaban J connectivity index is 0.00000127. The van der Waals surface area contributed by atoms with Gasteiger partial charge in [0, 0.05) is 13.5 Å². The number of nitrogens with zero attached hydrogens (tertiary/aromatic N) is 3. The van der Waals surface area contributed by atoms with Crippen LogP contribution >= 0.6 is 0 Å². The number of carbonyl (C=O) groups is 4. The lowest BCUT2D eigenvalue weighted by Crippen LogP contribution is -2.59.